The van der Waals surface area contributed by atoms with Gasteiger partial charge in [-0.15, -0.1) is 0 Å². The van der Waals surface area contributed by atoms with Crippen molar-refractivity contribution >= 4 is 5.91 Å². The Balaban J connectivity index is 2.51. The first kappa shape index (κ1) is 13.5. The van der Waals surface area contributed by atoms with E-state index >= 15 is 0 Å². The Kier molecular flexibility index (Phi) is 5.49. The van der Waals surface area contributed by atoms with E-state index < -0.39 is 5.91 Å². The van der Waals surface area contributed by atoms with E-state index in [0.29, 0.717) is 11.8 Å². The third kappa shape index (κ3) is 4.87. The highest BCUT2D eigenvalue weighted by Gasteiger charge is 2.04. The Morgan fingerprint density at radius 3 is 2.59 bits per heavy atom. The molecule has 17 heavy (non-hydrogen) atoms. The molecule has 1 unspecified atom stereocenters. The standard InChI is InChI=1S/C13H20N2O2/c1-3-8-15-10(2)11-4-6-12(7-5-11)17-9-13(14)16/h4-7,10,15H,3,8-9H2,1-2H3,(H2,14,16). The van der Waals surface area contributed by atoms with Gasteiger partial charge in [0.05, 0.1) is 0 Å². The Morgan fingerprint density at radius 1 is 1.41 bits per heavy atom. The van der Waals surface area contributed by atoms with E-state index in [4.69, 9.17) is 10.5 Å². The van der Waals surface area contributed by atoms with Crippen molar-refractivity contribution in [1.82, 2.24) is 5.32 Å². The number of nitrogens with one attached hydrogen (secondary N) is 1. The van der Waals surface area contributed by atoms with Crippen LogP contribution in [0.15, 0.2) is 24.3 Å². The number of carbonyl (C=O) groups is 1. The topological polar surface area (TPSA) is 64.3 Å². The summed E-state index contributed by atoms with van der Waals surface area (Å²) in [6.07, 6.45) is 1.12. The van der Waals surface area contributed by atoms with Gasteiger partial charge in [0.25, 0.3) is 5.91 Å². The van der Waals surface area contributed by atoms with Gasteiger partial charge in [0, 0.05) is 6.04 Å². The van der Waals surface area contributed by atoms with Gasteiger partial charge in [-0.05, 0) is 37.6 Å². The van der Waals surface area contributed by atoms with Gasteiger partial charge in [-0.3, -0.25) is 4.79 Å². The first-order valence-electron chi connectivity index (χ1n) is 5.88. The molecule has 1 rings (SSSR count). The number of carbonyl (C=O) groups excluding carboxylic acids is 1. The van der Waals surface area contributed by atoms with Crippen molar-refractivity contribution in [2.45, 2.75) is 26.3 Å². The van der Waals surface area contributed by atoms with Crippen molar-refractivity contribution in [2.24, 2.45) is 5.73 Å². The smallest absolute Gasteiger partial charge is 0.255 e. The van der Waals surface area contributed by atoms with Crippen molar-refractivity contribution in [3.8, 4) is 5.75 Å². The molecule has 0 saturated carbocycles. The van der Waals surface area contributed by atoms with Crippen molar-refractivity contribution in [3.05, 3.63) is 29.8 Å². The number of hydrogen-bond acceptors (Lipinski definition) is 3. The summed E-state index contributed by atoms with van der Waals surface area (Å²) in [4.78, 5) is 10.6. The fourth-order valence-corrected chi connectivity index (χ4v) is 1.49. The zero-order valence-corrected chi connectivity index (χ0v) is 10.4. The molecule has 0 radical (unpaired) electrons. The summed E-state index contributed by atoms with van der Waals surface area (Å²) < 4.78 is 5.19. The summed E-state index contributed by atoms with van der Waals surface area (Å²) in [6.45, 7) is 5.18. The normalized spacial score (nSPS) is 12.1. The van der Waals surface area contributed by atoms with Crippen LogP contribution in [0.1, 0.15) is 31.9 Å². The van der Waals surface area contributed by atoms with Crippen LogP contribution in [0.4, 0.5) is 0 Å². The molecule has 0 aromatic heterocycles. The zero-order chi connectivity index (χ0) is 12.7. The highest BCUT2D eigenvalue weighted by molar-refractivity contribution is 5.75. The van der Waals surface area contributed by atoms with E-state index in [1.54, 1.807) is 0 Å². The van der Waals surface area contributed by atoms with E-state index in [2.05, 4.69) is 19.2 Å². The summed E-state index contributed by atoms with van der Waals surface area (Å²) in [5.74, 6) is 0.197. The molecule has 0 spiro atoms. The van der Waals surface area contributed by atoms with Gasteiger partial charge in [0.15, 0.2) is 6.61 Å². The first-order chi connectivity index (χ1) is 8.13. The van der Waals surface area contributed by atoms with Gasteiger partial charge in [-0.2, -0.15) is 0 Å². The number of rotatable bonds is 7. The third-order valence-corrected chi connectivity index (χ3v) is 2.46. The number of nitrogens with two attached hydrogens (primary N) is 1. The molecule has 4 heteroatoms. The highest BCUT2D eigenvalue weighted by atomic mass is 16.5. The van der Waals surface area contributed by atoms with E-state index in [9.17, 15) is 4.79 Å². The van der Waals surface area contributed by atoms with Crippen molar-refractivity contribution < 1.29 is 9.53 Å². The highest BCUT2D eigenvalue weighted by Crippen LogP contribution is 2.17. The summed E-state index contributed by atoms with van der Waals surface area (Å²) >= 11 is 0. The molecule has 1 aromatic carbocycles. The molecule has 0 bridgehead atoms. The minimum Gasteiger partial charge on any atom is -0.484 e. The van der Waals surface area contributed by atoms with E-state index in [-0.39, 0.29) is 6.61 Å². The second kappa shape index (κ2) is 6.91. The molecule has 0 saturated heterocycles. The number of amides is 1. The second-order valence-corrected chi connectivity index (χ2v) is 4.00. The summed E-state index contributed by atoms with van der Waals surface area (Å²) in [5.41, 5.74) is 6.20. The molecule has 1 aromatic rings. The molecule has 94 valence electrons. The number of ether oxygens (including phenoxy) is 1. The minimum absolute atomic E-state index is 0.0804. The monoisotopic (exact) mass is 236 g/mol. The Bertz CT molecular complexity index is 349. The lowest BCUT2D eigenvalue weighted by molar-refractivity contribution is -0.119. The lowest BCUT2D eigenvalue weighted by Crippen LogP contribution is -2.20. The van der Waals surface area contributed by atoms with Crippen molar-refractivity contribution in [2.75, 3.05) is 13.2 Å². The molecule has 1 atom stereocenters. The quantitative estimate of drug-likeness (QED) is 0.756. The largest absolute Gasteiger partial charge is 0.484 e. The fraction of sp³-hybridized carbons (Fsp3) is 0.462. The van der Waals surface area contributed by atoms with Gasteiger partial charge in [-0.25, -0.2) is 0 Å². The van der Waals surface area contributed by atoms with E-state index in [1.807, 2.05) is 24.3 Å². The van der Waals surface area contributed by atoms with Crippen LogP contribution >= 0.6 is 0 Å². The van der Waals surface area contributed by atoms with Crippen LogP contribution < -0.4 is 15.8 Å². The average Bonchev–Trinajstić information content (AvgIpc) is 2.34. The van der Waals surface area contributed by atoms with Gasteiger partial charge < -0.3 is 15.8 Å². The number of primary amides is 1. The van der Waals surface area contributed by atoms with Crippen LogP contribution in [-0.4, -0.2) is 19.1 Å². The molecule has 0 fully saturated rings. The summed E-state index contributed by atoms with van der Waals surface area (Å²) in [7, 11) is 0. The van der Waals surface area contributed by atoms with Crippen molar-refractivity contribution in [3.63, 3.8) is 0 Å². The molecule has 3 N–H and O–H groups in total. The predicted octanol–water partition coefficient (Wildman–Crippen LogP) is 1.61. The molecule has 0 aliphatic rings. The second-order valence-electron chi connectivity index (χ2n) is 4.00. The molecule has 4 nitrogen and oxygen atoms in total. The van der Waals surface area contributed by atoms with Crippen LogP contribution in [0.25, 0.3) is 0 Å². The van der Waals surface area contributed by atoms with Crippen LogP contribution in [0.2, 0.25) is 0 Å². The lowest BCUT2D eigenvalue weighted by Gasteiger charge is -2.14. The molecule has 0 heterocycles. The molecular formula is C13H20N2O2. The molecule has 0 aliphatic carbocycles. The maximum atomic E-state index is 10.6. The van der Waals surface area contributed by atoms with Crippen molar-refractivity contribution in [1.29, 1.82) is 0 Å². The Labute approximate surface area is 102 Å². The molecule has 0 aliphatic heterocycles. The summed E-state index contributed by atoms with van der Waals surface area (Å²) in [5, 5.41) is 3.40. The van der Waals surface area contributed by atoms with Crippen LogP contribution in [0, 0.1) is 0 Å². The predicted molar refractivity (Wildman–Crippen MR) is 67.8 cm³/mol. The molecular weight excluding hydrogens is 216 g/mol. The zero-order valence-electron chi connectivity index (χ0n) is 10.4. The Hall–Kier alpha value is -1.55. The van der Waals surface area contributed by atoms with Gasteiger partial charge >= 0.3 is 0 Å². The minimum atomic E-state index is -0.466. The average molecular weight is 236 g/mol. The van der Waals surface area contributed by atoms with Gasteiger partial charge in [-0.1, -0.05) is 19.1 Å². The van der Waals surface area contributed by atoms with Gasteiger partial charge in [0.2, 0.25) is 0 Å². The number of benzene rings is 1. The maximum Gasteiger partial charge on any atom is 0.255 e. The first-order valence-corrected chi connectivity index (χ1v) is 5.88. The fourth-order valence-electron chi connectivity index (χ4n) is 1.49. The molecule has 1 amide bonds. The van der Waals surface area contributed by atoms with Crippen LogP contribution in [0.5, 0.6) is 5.75 Å². The maximum absolute atomic E-state index is 10.6. The van der Waals surface area contributed by atoms with E-state index in [0.717, 1.165) is 13.0 Å². The SMILES string of the molecule is CCCNC(C)c1ccc(OCC(N)=O)cc1. The Morgan fingerprint density at radius 2 is 2.06 bits per heavy atom. The van der Waals surface area contributed by atoms with Crippen LogP contribution in [0.3, 0.4) is 0 Å². The van der Waals surface area contributed by atoms with Gasteiger partial charge in [0.1, 0.15) is 5.75 Å². The third-order valence-electron chi connectivity index (χ3n) is 2.46. The van der Waals surface area contributed by atoms with Crippen LogP contribution in [-0.2, 0) is 4.79 Å². The number of hydrogen-bond donors (Lipinski definition) is 2. The summed E-state index contributed by atoms with van der Waals surface area (Å²) in [6, 6.07) is 8.00. The van der Waals surface area contributed by atoms with E-state index in [1.165, 1.54) is 5.56 Å². The lowest BCUT2D eigenvalue weighted by atomic mass is 10.1.